The molecule has 3 aromatic carbocycles. The van der Waals surface area contributed by atoms with E-state index in [1.54, 1.807) is 5.01 Å². The monoisotopic (exact) mass is 374 g/mol. The summed E-state index contributed by atoms with van der Waals surface area (Å²) in [5, 5.41) is 1.71. The van der Waals surface area contributed by atoms with Crippen LogP contribution in [0.3, 0.4) is 0 Å². The molecule has 0 aliphatic rings. The predicted molar refractivity (Wildman–Crippen MR) is 119 cm³/mol. The Kier molecular flexibility index (Phi) is 6.05. The highest BCUT2D eigenvalue weighted by molar-refractivity contribution is 5.70. The first-order valence-electron chi connectivity index (χ1n) is 9.90. The van der Waals surface area contributed by atoms with Gasteiger partial charge in [-0.3, -0.25) is 5.01 Å². The molecule has 3 rings (SSSR count). The van der Waals surface area contributed by atoms with Gasteiger partial charge in [0.25, 0.3) is 0 Å². The van der Waals surface area contributed by atoms with Crippen LogP contribution in [0.5, 0.6) is 11.5 Å². The lowest BCUT2D eigenvalue weighted by molar-refractivity contribution is 0.464. The molecule has 0 saturated heterocycles. The van der Waals surface area contributed by atoms with Crippen molar-refractivity contribution in [3.8, 4) is 11.5 Å². The molecule has 3 aromatic rings. The van der Waals surface area contributed by atoms with Crippen LogP contribution in [0.25, 0.3) is 0 Å². The van der Waals surface area contributed by atoms with Crippen LogP contribution in [0, 0.1) is 6.92 Å². The molecule has 0 aromatic heterocycles. The van der Waals surface area contributed by atoms with E-state index in [9.17, 15) is 0 Å². The molecule has 0 saturated carbocycles. The second-order valence-electron chi connectivity index (χ2n) is 7.80. The minimum atomic E-state index is 0.367. The van der Waals surface area contributed by atoms with Crippen molar-refractivity contribution in [1.29, 1.82) is 0 Å². The fraction of sp³-hybridized carbons (Fsp3) is 0.280. The van der Waals surface area contributed by atoms with Gasteiger partial charge in [0.2, 0.25) is 0 Å². The quantitative estimate of drug-likeness (QED) is 0.371. The third-order valence-corrected chi connectivity index (χ3v) is 5.03. The number of hydrogen-bond acceptors (Lipinski definition) is 3. The summed E-state index contributed by atoms with van der Waals surface area (Å²) in [7, 11) is 0. The van der Waals surface area contributed by atoms with Crippen LogP contribution in [0.2, 0.25) is 0 Å². The summed E-state index contributed by atoms with van der Waals surface area (Å²) >= 11 is 0. The van der Waals surface area contributed by atoms with E-state index in [0.29, 0.717) is 11.8 Å². The Balaban J connectivity index is 2.08. The van der Waals surface area contributed by atoms with Crippen LogP contribution >= 0.6 is 0 Å². The summed E-state index contributed by atoms with van der Waals surface area (Å²) < 4.78 is 6.56. The normalized spacial score (nSPS) is 11.1. The Morgan fingerprint density at radius 2 is 1.25 bits per heavy atom. The van der Waals surface area contributed by atoms with Crippen LogP contribution in [0.4, 0.5) is 11.4 Å². The Bertz CT molecular complexity index is 921. The van der Waals surface area contributed by atoms with Gasteiger partial charge >= 0.3 is 0 Å². The molecule has 0 atom stereocenters. The zero-order valence-corrected chi connectivity index (χ0v) is 17.4. The molecule has 0 radical (unpaired) electrons. The molecule has 0 spiro atoms. The minimum Gasteiger partial charge on any atom is -0.455 e. The van der Waals surface area contributed by atoms with Crippen LogP contribution < -0.4 is 15.6 Å². The molecule has 0 fully saturated rings. The first kappa shape index (κ1) is 20.0. The molecule has 0 aliphatic heterocycles. The maximum atomic E-state index is 6.56. The molecule has 146 valence electrons. The molecule has 3 heteroatoms. The number of benzene rings is 3. The van der Waals surface area contributed by atoms with Gasteiger partial charge in [-0.2, -0.15) is 0 Å². The molecular weight excluding hydrogens is 344 g/mol. The number of hydrogen-bond donors (Lipinski definition) is 1. The van der Waals surface area contributed by atoms with Gasteiger partial charge in [-0.1, -0.05) is 76.2 Å². The largest absolute Gasteiger partial charge is 0.455 e. The fourth-order valence-corrected chi connectivity index (χ4v) is 3.42. The van der Waals surface area contributed by atoms with Gasteiger partial charge in [-0.15, -0.1) is 0 Å². The lowest BCUT2D eigenvalue weighted by Crippen LogP contribution is -2.26. The average molecular weight is 375 g/mol. The molecule has 0 amide bonds. The van der Waals surface area contributed by atoms with E-state index in [0.717, 1.165) is 28.4 Å². The van der Waals surface area contributed by atoms with Crippen molar-refractivity contribution in [2.45, 2.75) is 46.5 Å². The minimum absolute atomic E-state index is 0.367. The molecular formula is C25H30N2O. The van der Waals surface area contributed by atoms with Crippen molar-refractivity contribution in [2.75, 3.05) is 5.01 Å². The highest BCUT2D eigenvalue weighted by atomic mass is 16.5. The topological polar surface area (TPSA) is 38.5 Å². The Labute approximate surface area is 168 Å². The predicted octanol–water partition coefficient (Wildman–Crippen LogP) is 7.05. The standard InChI is InChI=1S/C25H30N2O/c1-17(2)20-12-10-13-21(18(3)4)25(20)28-24-16-9-8-15-23(24)27(26)22-14-7-6-11-19(22)5/h6-18H,26H2,1-5H3. The molecule has 0 bridgehead atoms. The zero-order chi connectivity index (χ0) is 20.3. The number of anilines is 2. The van der Waals surface area contributed by atoms with E-state index in [1.807, 2.05) is 42.5 Å². The first-order chi connectivity index (χ1) is 13.4. The van der Waals surface area contributed by atoms with E-state index in [2.05, 4.69) is 58.9 Å². The Morgan fingerprint density at radius 1 is 0.714 bits per heavy atom. The van der Waals surface area contributed by atoms with Gasteiger partial charge in [0, 0.05) is 0 Å². The summed E-state index contributed by atoms with van der Waals surface area (Å²) in [6.07, 6.45) is 0. The van der Waals surface area contributed by atoms with Gasteiger partial charge in [0.05, 0.1) is 5.69 Å². The molecule has 2 N–H and O–H groups in total. The summed E-state index contributed by atoms with van der Waals surface area (Å²) in [5.41, 5.74) is 5.33. The maximum absolute atomic E-state index is 6.56. The van der Waals surface area contributed by atoms with E-state index in [-0.39, 0.29) is 0 Å². The summed E-state index contributed by atoms with van der Waals surface area (Å²) in [5.74, 6) is 8.95. The molecule has 3 nitrogen and oxygen atoms in total. The number of rotatable bonds is 6. The lowest BCUT2D eigenvalue weighted by Gasteiger charge is -2.25. The lowest BCUT2D eigenvalue weighted by atomic mass is 9.94. The fourth-order valence-electron chi connectivity index (χ4n) is 3.42. The van der Waals surface area contributed by atoms with Crippen molar-refractivity contribution in [2.24, 2.45) is 5.84 Å². The highest BCUT2D eigenvalue weighted by Gasteiger charge is 2.19. The number of nitrogens with two attached hydrogens (primary N) is 1. The number of para-hydroxylation sites is 4. The van der Waals surface area contributed by atoms with Crippen LogP contribution in [0.15, 0.2) is 66.7 Å². The third-order valence-electron chi connectivity index (χ3n) is 5.03. The number of ether oxygens (including phenoxy) is 1. The van der Waals surface area contributed by atoms with Crippen molar-refractivity contribution in [1.82, 2.24) is 0 Å². The molecule has 28 heavy (non-hydrogen) atoms. The van der Waals surface area contributed by atoms with Crippen LogP contribution in [-0.2, 0) is 0 Å². The molecule has 0 aliphatic carbocycles. The number of aryl methyl sites for hydroxylation is 1. The smallest absolute Gasteiger partial charge is 0.152 e. The number of nitrogens with zero attached hydrogens (tertiary/aromatic N) is 1. The highest BCUT2D eigenvalue weighted by Crippen LogP contribution is 2.41. The van der Waals surface area contributed by atoms with Gasteiger partial charge in [0.15, 0.2) is 5.75 Å². The van der Waals surface area contributed by atoms with Crippen molar-refractivity contribution in [3.63, 3.8) is 0 Å². The van der Waals surface area contributed by atoms with E-state index in [1.165, 1.54) is 11.1 Å². The Morgan fingerprint density at radius 3 is 1.82 bits per heavy atom. The Hall–Kier alpha value is -2.78. The van der Waals surface area contributed by atoms with Crippen molar-refractivity contribution < 1.29 is 4.74 Å². The van der Waals surface area contributed by atoms with E-state index < -0.39 is 0 Å². The van der Waals surface area contributed by atoms with Crippen LogP contribution in [0.1, 0.15) is 56.2 Å². The van der Waals surface area contributed by atoms with E-state index >= 15 is 0 Å². The third kappa shape index (κ3) is 4.05. The average Bonchev–Trinajstić information content (AvgIpc) is 2.68. The van der Waals surface area contributed by atoms with Gasteiger partial charge in [-0.25, -0.2) is 5.84 Å². The SMILES string of the molecule is Cc1ccccc1N(N)c1ccccc1Oc1c(C(C)C)cccc1C(C)C. The second kappa shape index (κ2) is 8.49. The summed E-state index contributed by atoms with van der Waals surface area (Å²) in [4.78, 5) is 0. The van der Waals surface area contributed by atoms with Gasteiger partial charge in [0.1, 0.15) is 11.4 Å². The second-order valence-corrected chi connectivity index (χ2v) is 7.80. The molecule has 0 unspecified atom stereocenters. The van der Waals surface area contributed by atoms with E-state index in [4.69, 9.17) is 10.6 Å². The summed E-state index contributed by atoms with van der Waals surface area (Å²) in [6.45, 7) is 10.8. The zero-order valence-electron chi connectivity index (χ0n) is 17.4. The maximum Gasteiger partial charge on any atom is 0.152 e. The van der Waals surface area contributed by atoms with Crippen LogP contribution in [-0.4, -0.2) is 0 Å². The first-order valence-corrected chi connectivity index (χ1v) is 9.90. The number of hydrazine groups is 1. The van der Waals surface area contributed by atoms with Gasteiger partial charge in [-0.05, 0) is 53.6 Å². The van der Waals surface area contributed by atoms with Gasteiger partial charge < -0.3 is 4.74 Å². The van der Waals surface area contributed by atoms with Crippen molar-refractivity contribution >= 4 is 11.4 Å². The molecule has 0 heterocycles. The van der Waals surface area contributed by atoms with Crippen molar-refractivity contribution in [3.05, 3.63) is 83.4 Å². The summed E-state index contributed by atoms with van der Waals surface area (Å²) in [6, 6.07) is 22.5.